The van der Waals surface area contributed by atoms with Gasteiger partial charge in [-0.3, -0.25) is 14.5 Å². The van der Waals surface area contributed by atoms with Gasteiger partial charge in [-0.15, -0.1) is 0 Å². The van der Waals surface area contributed by atoms with E-state index in [4.69, 9.17) is 16.0 Å². The number of ketones is 1. The summed E-state index contributed by atoms with van der Waals surface area (Å²) in [6.45, 7) is 5.78. The number of carbonyl (C=O) groups excluding carboxylic acids is 1. The average Bonchev–Trinajstić information content (AvgIpc) is 3.36. The molecular formula is C26H24ClN3O4S. The number of sulfonamides is 1. The Bertz CT molecular complexity index is 1450. The maximum Gasteiger partial charge on any atom is 0.236 e. The van der Waals surface area contributed by atoms with Gasteiger partial charge in [0.2, 0.25) is 15.9 Å². The maximum atomic E-state index is 13.1. The molecular weight excluding hydrogens is 486 g/mol. The van der Waals surface area contributed by atoms with Gasteiger partial charge in [-0.05, 0) is 62.2 Å². The van der Waals surface area contributed by atoms with Crippen LogP contribution in [0.15, 0.2) is 77.7 Å². The molecule has 2 aromatic carbocycles. The Morgan fingerprint density at radius 1 is 1.06 bits per heavy atom. The highest BCUT2D eigenvalue weighted by molar-refractivity contribution is 7.91. The lowest BCUT2D eigenvalue weighted by molar-refractivity contribution is 0.103. The van der Waals surface area contributed by atoms with Crippen LogP contribution >= 0.6 is 11.6 Å². The fourth-order valence-electron chi connectivity index (χ4n) is 3.65. The van der Waals surface area contributed by atoms with Crippen molar-refractivity contribution < 1.29 is 17.6 Å². The van der Waals surface area contributed by atoms with Crippen LogP contribution in [-0.2, 0) is 21.2 Å². The molecule has 0 saturated carbocycles. The summed E-state index contributed by atoms with van der Waals surface area (Å²) in [6.07, 6.45) is 4.57. The minimum absolute atomic E-state index is 0.148. The molecule has 2 heterocycles. The number of halogens is 1. The third-order valence-corrected chi connectivity index (χ3v) is 7.14. The molecule has 35 heavy (non-hydrogen) atoms. The first-order valence-corrected chi connectivity index (χ1v) is 12.8. The maximum absolute atomic E-state index is 13.1. The smallest absolute Gasteiger partial charge is 0.236 e. The Labute approximate surface area is 209 Å². The summed E-state index contributed by atoms with van der Waals surface area (Å²) < 4.78 is 34.0. The van der Waals surface area contributed by atoms with Gasteiger partial charge in [0, 0.05) is 28.0 Å². The van der Waals surface area contributed by atoms with Crippen LogP contribution in [0.2, 0.25) is 5.02 Å². The summed E-state index contributed by atoms with van der Waals surface area (Å²) in [4.78, 5) is 21.4. The second-order valence-corrected chi connectivity index (χ2v) is 10.9. The number of carbonyl (C=O) groups is 1. The molecule has 2 aromatic heterocycles. The topological polar surface area (TPSA) is 102 Å². The minimum atomic E-state index is -3.83. The predicted molar refractivity (Wildman–Crippen MR) is 135 cm³/mol. The van der Waals surface area contributed by atoms with Crippen LogP contribution in [0.25, 0.3) is 0 Å². The number of oxazole rings is 1. The van der Waals surface area contributed by atoms with Gasteiger partial charge >= 0.3 is 0 Å². The number of nitrogens with zero attached hydrogens (tertiary/aromatic N) is 2. The molecule has 0 amide bonds. The van der Waals surface area contributed by atoms with Crippen LogP contribution < -0.4 is 4.72 Å². The van der Waals surface area contributed by atoms with Crippen LogP contribution in [-0.4, -0.2) is 24.2 Å². The van der Waals surface area contributed by atoms with Crippen molar-refractivity contribution in [2.45, 2.75) is 31.9 Å². The molecule has 0 spiro atoms. The number of hydrogen-bond donors (Lipinski definition) is 1. The number of benzene rings is 2. The number of aromatic nitrogens is 2. The lowest BCUT2D eigenvalue weighted by Gasteiger charge is -2.21. The van der Waals surface area contributed by atoms with E-state index in [0.29, 0.717) is 22.0 Å². The third-order valence-electron chi connectivity index (χ3n) is 5.66. The largest absolute Gasteiger partial charge is 0.448 e. The predicted octanol–water partition coefficient (Wildman–Crippen LogP) is 5.53. The Balaban J connectivity index is 1.55. The summed E-state index contributed by atoms with van der Waals surface area (Å²) >= 11 is 6.11. The number of nitrogens with one attached hydrogen (secondary N) is 1. The molecule has 7 nitrogen and oxygen atoms in total. The normalized spacial score (nSPS) is 11.9. The van der Waals surface area contributed by atoms with E-state index in [9.17, 15) is 13.2 Å². The standard InChI is InChI=1S/C26H24ClN3O4S/c1-17-4-7-19(15-29-17)24(31)22-14-21(27)10-11-23(22)30-35(32,33)16-18-5-8-20(9-6-18)26(2,3)25-28-12-13-34-25/h4-15,30H,16H2,1-3H3. The van der Waals surface area contributed by atoms with Crippen LogP contribution in [0.5, 0.6) is 0 Å². The molecule has 0 aliphatic rings. The fraction of sp³-hybridized carbons (Fsp3) is 0.192. The van der Waals surface area contributed by atoms with Crippen molar-refractivity contribution >= 4 is 33.1 Å². The van der Waals surface area contributed by atoms with Gasteiger partial charge in [0.1, 0.15) is 6.26 Å². The van der Waals surface area contributed by atoms with E-state index in [1.807, 2.05) is 32.9 Å². The molecule has 0 unspecified atom stereocenters. The van der Waals surface area contributed by atoms with Crippen molar-refractivity contribution in [2.24, 2.45) is 0 Å². The van der Waals surface area contributed by atoms with E-state index in [0.717, 1.165) is 11.3 Å². The van der Waals surface area contributed by atoms with Gasteiger partial charge in [0.15, 0.2) is 5.78 Å². The molecule has 0 bridgehead atoms. The second-order valence-electron chi connectivity index (χ2n) is 8.73. The highest BCUT2D eigenvalue weighted by Gasteiger charge is 2.28. The first-order chi connectivity index (χ1) is 16.5. The Morgan fingerprint density at radius 2 is 1.80 bits per heavy atom. The summed E-state index contributed by atoms with van der Waals surface area (Å²) in [5.74, 6) is -0.0752. The van der Waals surface area contributed by atoms with Gasteiger partial charge in [0.05, 0.1) is 23.1 Å². The molecule has 0 aliphatic carbocycles. The average molecular weight is 510 g/mol. The molecule has 9 heteroatoms. The van der Waals surface area contributed by atoms with E-state index in [1.165, 1.54) is 30.7 Å². The molecule has 0 aliphatic heterocycles. The summed E-state index contributed by atoms with van der Waals surface area (Å²) in [5.41, 5.74) is 2.46. The molecule has 4 aromatic rings. The molecule has 0 atom stereocenters. The first-order valence-electron chi connectivity index (χ1n) is 10.8. The van der Waals surface area contributed by atoms with Crippen LogP contribution in [0.4, 0.5) is 5.69 Å². The van der Waals surface area contributed by atoms with Crippen LogP contribution in [0.3, 0.4) is 0 Å². The van der Waals surface area contributed by atoms with Crippen molar-refractivity contribution in [3.8, 4) is 0 Å². The van der Waals surface area contributed by atoms with Crippen LogP contribution in [0, 0.1) is 6.92 Å². The fourth-order valence-corrected chi connectivity index (χ4v) is 5.04. The van der Waals surface area contributed by atoms with Gasteiger partial charge in [-0.1, -0.05) is 35.9 Å². The third kappa shape index (κ3) is 5.61. The highest BCUT2D eigenvalue weighted by atomic mass is 35.5. The van der Waals surface area contributed by atoms with Gasteiger partial charge in [0.25, 0.3) is 0 Å². The van der Waals surface area contributed by atoms with Crippen molar-refractivity contribution in [3.63, 3.8) is 0 Å². The quantitative estimate of drug-likeness (QED) is 0.313. The van der Waals surface area contributed by atoms with Crippen LogP contribution in [0.1, 0.15) is 52.5 Å². The summed E-state index contributed by atoms with van der Waals surface area (Å²) in [5, 5.41) is 0.320. The zero-order valence-corrected chi connectivity index (χ0v) is 21.0. The number of hydrogen-bond acceptors (Lipinski definition) is 6. The zero-order chi connectivity index (χ0) is 25.2. The van der Waals surface area contributed by atoms with Crippen molar-refractivity contribution in [3.05, 3.63) is 112 Å². The van der Waals surface area contributed by atoms with E-state index >= 15 is 0 Å². The van der Waals surface area contributed by atoms with Crippen molar-refractivity contribution in [2.75, 3.05) is 4.72 Å². The monoisotopic (exact) mass is 509 g/mol. The molecule has 1 N–H and O–H groups in total. The molecule has 0 fully saturated rings. The first kappa shape index (κ1) is 24.6. The number of pyridine rings is 1. The van der Waals surface area contributed by atoms with E-state index < -0.39 is 15.4 Å². The van der Waals surface area contributed by atoms with Crippen molar-refractivity contribution in [1.29, 1.82) is 0 Å². The lowest BCUT2D eigenvalue weighted by atomic mass is 9.84. The minimum Gasteiger partial charge on any atom is -0.448 e. The van der Waals surface area contributed by atoms with Gasteiger partial charge < -0.3 is 4.42 Å². The Hall–Kier alpha value is -3.49. The molecule has 0 saturated heterocycles. The van der Waals surface area contributed by atoms with Gasteiger partial charge in [-0.2, -0.15) is 0 Å². The van der Waals surface area contributed by atoms with Gasteiger partial charge in [-0.25, -0.2) is 13.4 Å². The number of anilines is 1. The van der Waals surface area contributed by atoms with E-state index in [-0.39, 0.29) is 22.8 Å². The van der Waals surface area contributed by atoms with Crippen molar-refractivity contribution in [1.82, 2.24) is 9.97 Å². The number of rotatable bonds is 8. The summed E-state index contributed by atoms with van der Waals surface area (Å²) in [7, 11) is -3.83. The lowest BCUT2D eigenvalue weighted by Crippen LogP contribution is -2.20. The molecule has 0 radical (unpaired) electrons. The zero-order valence-electron chi connectivity index (χ0n) is 19.4. The van der Waals surface area contributed by atoms with E-state index in [1.54, 1.807) is 30.5 Å². The summed E-state index contributed by atoms with van der Waals surface area (Å²) in [6, 6.07) is 15.0. The second kappa shape index (κ2) is 9.64. The van der Waals surface area contributed by atoms with E-state index in [2.05, 4.69) is 14.7 Å². The Morgan fingerprint density at radius 3 is 2.43 bits per heavy atom. The molecule has 4 rings (SSSR count). The highest BCUT2D eigenvalue weighted by Crippen LogP contribution is 2.31. The Kier molecular flexibility index (Phi) is 6.78. The molecule has 180 valence electrons. The number of aryl methyl sites for hydroxylation is 1. The SMILES string of the molecule is Cc1ccc(C(=O)c2cc(Cl)ccc2NS(=O)(=O)Cc2ccc(C(C)(C)c3ncco3)cc2)cn1.